The number of nitrogens with zero attached hydrogens (tertiary/aromatic N) is 1. The Morgan fingerprint density at radius 3 is 2.75 bits per heavy atom. The molecule has 0 fully saturated rings. The van der Waals surface area contributed by atoms with E-state index in [0.29, 0.717) is 12.0 Å². The summed E-state index contributed by atoms with van der Waals surface area (Å²) in [6.07, 6.45) is 1.73. The molecule has 0 saturated heterocycles. The molecular weight excluding hydrogens is 199 g/mol. The molecule has 0 radical (unpaired) electrons. The topological polar surface area (TPSA) is 53.3 Å². The molecule has 0 aromatic carbocycles. The second-order valence-corrected chi connectivity index (χ2v) is 3.42. The minimum absolute atomic E-state index is 0.106. The molecule has 1 heterocycles. The first-order valence-electron chi connectivity index (χ1n) is 3.18. The van der Waals surface area contributed by atoms with Gasteiger partial charge in [0.1, 0.15) is 0 Å². The summed E-state index contributed by atoms with van der Waals surface area (Å²) in [7, 11) is 0. The van der Waals surface area contributed by atoms with E-state index in [1.165, 1.54) is 6.08 Å². The molecule has 1 unspecified atom stereocenters. The second kappa shape index (κ2) is 2.99. The lowest BCUT2D eigenvalue weighted by atomic mass is 10.1. The number of allylic oxidation sites excluding steroid dienone is 1. The molecule has 0 amide bonds. The molecule has 0 aromatic heterocycles. The first-order chi connectivity index (χ1) is 5.48. The number of carbonyl (C=O) groups is 1. The van der Waals surface area contributed by atoms with Crippen LogP contribution in [0.5, 0.6) is 0 Å². The van der Waals surface area contributed by atoms with Crippen LogP contribution in [-0.2, 0) is 4.79 Å². The average Bonchev–Trinajstić information content (AvgIpc) is 2.00. The normalized spacial score (nSPS) is 29.4. The van der Waals surface area contributed by atoms with Crippen LogP contribution in [0.15, 0.2) is 16.1 Å². The second-order valence-electron chi connectivity index (χ2n) is 2.41. The molecule has 3 nitrogen and oxygen atoms in total. The minimum Gasteiger partial charge on any atom is -0.299 e. The van der Waals surface area contributed by atoms with E-state index in [-0.39, 0.29) is 10.7 Å². The van der Waals surface area contributed by atoms with Gasteiger partial charge in [-0.05, 0) is 13.0 Å². The van der Waals surface area contributed by atoms with Crippen molar-refractivity contribution in [1.82, 2.24) is 0 Å². The highest BCUT2D eigenvalue weighted by atomic mass is 35.5. The van der Waals surface area contributed by atoms with Gasteiger partial charge in [-0.25, -0.2) is 0 Å². The summed E-state index contributed by atoms with van der Waals surface area (Å²) in [6.45, 7) is 1.58. The molecule has 0 bridgehead atoms. The standard InChI is InChI=1S/C7H6Cl2N2O/c1-4-6(10)5(8)2-7(9,3-12)11-4/h2-3,10H,1H3. The molecular formula is C7H6Cl2N2O. The zero-order valence-electron chi connectivity index (χ0n) is 6.27. The summed E-state index contributed by atoms with van der Waals surface area (Å²) in [5.41, 5.74) is 0.472. The Morgan fingerprint density at radius 1 is 1.75 bits per heavy atom. The van der Waals surface area contributed by atoms with Crippen molar-refractivity contribution in [3.63, 3.8) is 0 Å². The van der Waals surface area contributed by atoms with E-state index in [4.69, 9.17) is 28.6 Å². The van der Waals surface area contributed by atoms with Gasteiger partial charge in [-0.15, -0.1) is 0 Å². The fourth-order valence-electron chi connectivity index (χ4n) is 0.828. The van der Waals surface area contributed by atoms with Crippen molar-refractivity contribution in [1.29, 1.82) is 5.41 Å². The predicted molar refractivity (Wildman–Crippen MR) is 49.4 cm³/mol. The van der Waals surface area contributed by atoms with Crippen molar-refractivity contribution >= 4 is 40.9 Å². The molecule has 0 aromatic rings. The molecule has 1 rings (SSSR count). The lowest BCUT2D eigenvalue weighted by Gasteiger charge is -2.18. The monoisotopic (exact) mass is 204 g/mol. The van der Waals surface area contributed by atoms with Crippen LogP contribution in [0.2, 0.25) is 0 Å². The van der Waals surface area contributed by atoms with E-state index < -0.39 is 5.00 Å². The highest BCUT2D eigenvalue weighted by Crippen LogP contribution is 2.25. The van der Waals surface area contributed by atoms with Gasteiger partial charge in [0, 0.05) is 0 Å². The molecule has 12 heavy (non-hydrogen) atoms. The zero-order chi connectivity index (χ0) is 9.35. The summed E-state index contributed by atoms with van der Waals surface area (Å²) in [5, 5.41) is 7.50. The van der Waals surface area contributed by atoms with Gasteiger partial charge in [0.25, 0.3) is 0 Å². The third kappa shape index (κ3) is 1.57. The SMILES string of the molecule is CC1=NC(Cl)(C=O)C=C(Cl)C1=N. The van der Waals surface area contributed by atoms with E-state index >= 15 is 0 Å². The van der Waals surface area contributed by atoms with Gasteiger partial charge in [-0.1, -0.05) is 23.2 Å². The molecule has 1 atom stereocenters. The maximum Gasteiger partial charge on any atom is 0.209 e. The van der Waals surface area contributed by atoms with Crippen molar-refractivity contribution in [2.75, 3.05) is 0 Å². The number of aliphatic imine (C=N–C) groups is 1. The van der Waals surface area contributed by atoms with Crippen LogP contribution in [0, 0.1) is 5.41 Å². The average molecular weight is 205 g/mol. The number of dihydropyridines is 1. The first kappa shape index (κ1) is 9.42. The van der Waals surface area contributed by atoms with Crippen molar-refractivity contribution in [3.8, 4) is 0 Å². The van der Waals surface area contributed by atoms with Gasteiger partial charge < -0.3 is 0 Å². The number of nitrogens with one attached hydrogen (secondary N) is 1. The van der Waals surface area contributed by atoms with Gasteiger partial charge in [-0.3, -0.25) is 15.2 Å². The van der Waals surface area contributed by atoms with E-state index in [1.54, 1.807) is 6.92 Å². The number of rotatable bonds is 1. The maximum absolute atomic E-state index is 10.5. The van der Waals surface area contributed by atoms with Crippen LogP contribution in [0.1, 0.15) is 6.92 Å². The Hall–Kier alpha value is -0.670. The number of hydrogen-bond acceptors (Lipinski definition) is 3. The van der Waals surface area contributed by atoms with Crippen LogP contribution in [-0.4, -0.2) is 22.7 Å². The van der Waals surface area contributed by atoms with E-state index in [9.17, 15) is 4.79 Å². The smallest absolute Gasteiger partial charge is 0.209 e. The Labute approximate surface area is 79.6 Å². The maximum atomic E-state index is 10.5. The number of alkyl halides is 1. The summed E-state index contributed by atoms with van der Waals surface area (Å²) < 4.78 is 0. The largest absolute Gasteiger partial charge is 0.299 e. The molecule has 1 aliphatic rings. The predicted octanol–water partition coefficient (Wildman–Crippen LogP) is 1.74. The van der Waals surface area contributed by atoms with Crippen molar-refractivity contribution in [2.45, 2.75) is 11.9 Å². The number of hydrogen-bond donors (Lipinski definition) is 1. The van der Waals surface area contributed by atoms with E-state index in [2.05, 4.69) is 4.99 Å². The Kier molecular flexibility index (Phi) is 2.35. The van der Waals surface area contributed by atoms with Crippen LogP contribution >= 0.6 is 23.2 Å². The van der Waals surface area contributed by atoms with Crippen molar-refractivity contribution in [3.05, 3.63) is 11.1 Å². The lowest BCUT2D eigenvalue weighted by Crippen LogP contribution is -2.28. The zero-order valence-corrected chi connectivity index (χ0v) is 7.78. The van der Waals surface area contributed by atoms with Crippen LogP contribution in [0.3, 0.4) is 0 Å². The van der Waals surface area contributed by atoms with Crippen molar-refractivity contribution < 1.29 is 4.79 Å². The molecule has 0 aliphatic carbocycles. The number of aldehydes is 1. The molecule has 0 spiro atoms. The van der Waals surface area contributed by atoms with E-state index in [1.807, 2.05) is 0 Å². The van der Waals surface area contributed by atoms with Gasteiger partial charge in [-0.2, -0.15) is 0 Å². The molecule has 1 N–H and O–H groups in total. The summed E-state index contributed by atoms with van der Waals surface area (Å²) in [6, 6.07) is 0. The van der Waals surface area contributed by atoms with Crippen molar-refractivity contribution in [2.24, 2.45) is 4.99 Å². The third-order valence-corrected chi connectivity index (χ3v) is 2.01. The third-order valence-electron chi connectivity index (χ3n) is 1.43. The molecule has 0 saturated carbocycles. The first-order valence-corrected chi connectivity index (χ1v) is 3.93. The number of halogens is 2. The Bertz CT molecular complexity index is 285. The fourth-order valence-corrected chi connectivity index (χ4v) is 1.42. The minimum atomic E-state index is -1.41. The van der Waals surface area contributed by atoms with Gasteiger partial charge in [0.2, 0.25) is 5.00 Å². The highest BCUT2D eigenvalue weighted by Gasteiger charge is 2.29. The molecule has 1 aliphatic heterocycles. The Balaban J connectivity index is 3.15. The van der Waals surface area contributed by atoms with Crippen LogP contribution in [0.25, 0.3) is 0 Å². The number of carbonyl (C=O) groups excluding carboxylic acids is 1. The van der Waals surface area contributed by atoms with Gasteiger partial charge in [0.15, 0.2) is 6.29 Å². The van der Waals surface area contributed by atoms with Crippen LogP contribution in [0.4, 0.5) is 0 Å². The van der Waals surface area contributed by atoms with Gasteiger partial charge in [0.05, 0.1) is 16.5 Å². The Morgan fingerprint density at radius 2 is 2.33 bits per heavy atom. The summed E-state index contributed by atoms with van der Waals surface area (Å²) >= 11 is 11.3. The molecule has 64 valence electrons. The van der Waals surface area contributed by atoms with Crippen LogP contribution < -0.4 is 0 Å². The van der Waals surface area contributed by atoms with E-state index in [0.717, 1.165) is 0 Å². The summed E-state index contributed by atoms with van der Waals surface area (Å²) in [4.78, 5) is 12.8. The molecule has 5 heteroatoms. The highest BCUT2D eigenvalue weighted by molar-refractivity contribution is 6.61. The fraction of sp³-hybridized carbons (Fsp3) is 0.286. The van der Waals surface area contributed by atoms with Gasteiger partial charge >= 0.3 is 0 Å². The summed E-state index contributed by atoms with van der Waals surface area (Å²) in [5.74, 6) is 0. The quantitative estimate of drug-likeness (QED) is 0.395. The lowest BCUT2D eigenvalue weighted by molar-refractivity contribution is -0.108.